The van der Waals surface area contributed by atoms with Crippen LogP contribution < -0.4 is 14.8 Å². The zero-order valence-corrected chi connectivity index (χ0v) is 12.6. The lowest BCUT2D eigenvalue weighted by Gasteiger charge is -2.14. The first-order valence-corrected chi connectivity index (χ1v) is 7.54. The van der Waals surface area contributed by atoms with E-state index in [0.29, 0.717) is 18.0 Å². The first kappa shape index (κ1) is 15.6. The molecule has 1 aliphatic heterocycles. The standard InChI is InChI=1S/C16H24N2O3/c1-20-14-7-2-3-8-15(14)21-13-16(19)17-9-6-12-18-10-4-5-11-18/h2-3,7-8H,4-6,9-13H2,1H3,(H,17,19). The lowest BCUT2D eigenvalue weighted by Crippen LogP contribution is -2.32. The highest BCUT2D eigenvalue weighted by atomic mass is 16.5. The van der Waals surface area contributed by atoms with Crippen molar-refractivity contribution in [1.82, 2.24) is 10.2 Å². The van der Waals surface area contributed by atoms with Crippen molar-refractivity contribution in [3.63, 3.8) is 0 Å². The number of methoxy groups -OCH3 is 1. The molecule has 0 saturated carbocycles. The molecule has 21 heavy (non-hydrogen) atoms. The van der Waals surface area contributed by atoms with Crippen LogP contribution in [0.25, 0.3) is 0 Å². The van der Waals surface area contributed by atoms with E-state index in [0.717, 1.165) is 13.0 Å². The summed E-state index contributed by atoms with van der Waals surface area (Å²) in [6.07, 6.45) is 3.60. The Bertz CT molecular complexity index is 445. The lowest BCUT2D eigenvalue weighted by molar-refractivity contribution is -0.123. The minimum absolute atomic E-state index is 0.0179. The molecule has 0 radical (unpaired) electrons. The minimum Gasteiger partial charge on any atom is -0.493 e. The number of para-hydroxylation sites is 2. The van der Waals surface area contributed by atoms with E-state index in [9.17, 15) is 4.79 Å². The van der Waals surface area contributed by atoms with Crippen LogP contribution >= 0.6 is 0 Å². The van der Waals surface area contributed by atoms with Crippen LogP contribution in [0.5, 0.6) is 11.5 Å². The number of hydrogen-bond donors (Lipinski definition) is 1. The van der Waals surface area contributed by atoms with Gasteiger partial charge in [0.05, 0.1) is 7.11 Å². The molecule has 5 heteroatoms. The second-order valence-corrected chi connectivity index (χ2v) is 5.19. The third kappa shape index (κ3) is 5.27. The highest BCUT2D eigenvalue weighted by molar-refractivity contribution is 5.77. The predicted molar refractivity (Wildman–Crippen MR) is 81.8 cm³/mol. The largest absolute Gasteiger partial charge is 0.493 e. The zero-order chi connectivity index (χ0) is 14.9. The summed E-state index contributed by atoms with van der Waals surface area (Å²) >= 11 is 0. The van der Waals surface area contributed by atoms with Crippen molar-refractivity contribution in [2.24, 2.45) is 0 Å². The van der Waals surface area contributed by atoms with Gasteiger partial charge in [0.15, 0.2) is 18.1 Å². The van der Waals surface area contributed by atoms with Crippen molar-refractivity contribution in [3.05, 3.63) is 24.3 Å². The summed E-state index contributed by atoms with van der Waals surface area (Å²) in [5.74, 6) is 1.13. The van der Waals surface area contributed by atoms with Crippen LogP contribution in [-0.2, 0) is 4.79 Å². The number of hydrogen-bond acceptors (Lipinski definition) is 4. The van der Waals surface area contributed by atoms with Crippen LogP contribution in [0.1, 0.15) is 19.3 Å². The Labute approximate surface area is 126 Å². The maximum absolute atomic E-state index is 11.7. The van der Waals surface area contributed by atoms with Gasteiger partial charge in [0.25, 0.3) is 5.91 Å². The van der Waals surface area contributed by atoms with E-state index in [4.69, 9.17) is 9.47 Å². The zero-order valence-electron chi connectivity index (χ0n) is 12.6. The quantitative estimate of drug-likeness (QED) is 0.741. The van der Waals surface area contributed by atoms with Gasteiger partial charge in [0.1, 0.15) is 0 Å². The lowest BCUT2D eigenvalue weighted by atomic mass is 10.3. The number of likely N-dealkylation sites (tertiary alicyclic amines) is 1. The topological polar surface area (TPSA) is 50.8 Å². The third-order valence-corrected chi connectivity index (χ3v) is 3.60. The molecule has 1 heterocycles. The number of rotatable bonds is 8. The van der Waals surface area contributed by atoms with E-state index in [1.54, 1.807) is 13.2 Å². The summed E-state index contributed by atoms with van der Waals surface area (Å²) < 4.78 is 10.6. The molecule has 2 rings (SSSR count). The van der Waals surface area contributed by atoms with Crippen LogP contribution in [-0.4, -0.2) is 50.7 Å². The predicted octanol–water partition coefficient (Wildman–Crippen LogP) is 1.68. The van der Waals surface area contributed by atoms with E-state index < -0.39 is 0 Å². The van der Waals surface area contributed by atoms with Crippen molar-refractivity contribution >= 4 is 5.91 Å². The number of carbonyl (C=O) groups excluding carboxylic acids is 1. The van der Waals surface area contributed by atoms with E-state index >= 15 is 0 Å². The molecule has 0 aliphatic carbocycles. The SMILES string of the molecule is COc1ccccc1OCC(=O)NCCCN1CCCC1. The summed E-state index contributed by atoms with van der Waals surface area (Å²) in [6.45, 7) is 4.18. The van der Waals surface area contributed by atoms with E-state index in [1.165, 1.54) is 25.9 Å². The average Bonchev–Trinajstić information content (AvgIpc) is 3.03. The molecule has 0 spiro atoms. The van der Waals surface area contributed by atoms with Gasteiger partial charge in [-0.2, -0.15) is 0 Å². The van der Waals surface area contributed by atoms with Gasteiger partial charge in [-0.3, -0.25) is 4.79 Å². The maximum atomic E-state index is 11.7. The molecule has 1 saturated heterocycles. The first-order valence-electron chi connectivity index (χ1n) is 7.54. The molecule has 0 unspecified atom stereocenters. The molecule has 116 valence electrons. The number of amides is 1. The molecule has 1 fully saturated rings. The van der Waals surface area contributed by atoms with Crippen LogP contribution in [0.3, 0.4) is 0 Å². The van der Waals surface area contributed by atoms with Crippen LogP contribution in [0.4, 0.5) is 0 Å². The molecular formula is C16H24N2O3. The summed E-state index contributed by atoms with van der Waals surface area (Å²) in [5.41, 5.74) is 0. The van der Waals surface area contributed by atoms with Crippen molar-refractivity contribution in [2.75, 3.05) is 39.9 Å². The van der Waals surface area contributed by atoms with Crippen LogP contribution in [0.2, 0.25) is 0 Å². The van der Waals surface area contributed by atoms with Gasteiger partial charge < -0.3 is 19.7 Å². The van der Waals surface area contributed by atoms with E-state index in [1.807, 2.05) is 18.2 Å². The van der Waals surface area contributed by atoms with Gasteiger partial charge in [-0.15, -0.1) is 0 Å². The molecule has 0 aromatic heterocycles. The second-order valence-electron chi connectivity index (χ2n) is 5.19. The molecule has 1 N–H and O–H groups in total. The van der Waals surface area contributed by atoms with Crippen molar-refractivity contribution in [3.8, 4) is 11.5 Å². The maximum Gasteiger partial charge on any atom is 0.257 e. The van der Waals surface area contributed by atoms with Crippen LogP contribution in [0, 0.1) is 0 Å². The number of ether oxygens (including phenoxy) is 2. The summed E-state index contributed by atoms with van der Waals surface area (Å²) in [6, 6.07) is 7.32. The molecule has 1 aromatic rings. The van der Waals surface area contributed by atoms with E-state index in [2.05, 4.69) is 10.2 Å². The fourth-order valence-electron chi connectivity index (χ4n) is 2.47. The molecule has 0 bridgehead atoms. The molecule has 1 aromatic carbocycles. The highest BCUT2D eigenvalue weighted by Gasteiger charge is 2.11. The third-order valence-electron chi connectivity index (χ3n) is 3.60. The fourth-order valence-corrected chi connectivity index (χ4v) is 2.47. The average molecular weight is 292 g/mol. The molecule has 0 atom stereocenters. The second kappa shape index (κ2) is 8.52. The Kier molecular flexibility index (Phi) is 6.34. The summed E-state index contributed by atoms with van der Waals surface area (Å²) in [7, 11) is 1.58. The number of nitrogens with zero attached hydrogens (tertiary/aromatic N) is 1. The Balaban J connectivity index is 1.60. The van der Waals surface area contributed by atoms with Gasteiger partial charge in [0.2, 0.25) is 0 Å². The molecule has 5 nitrogen and oxygen atoms in total. The van der Waals surface area contributed by atoms with E-state index in [-0.39, 0.29) is 12.5 Å². The Morgan fingerprint density at radius 3 is 2.67 bits per heavy atom. The summed E-state index contributed by atoms with van der Waals surface area (Å²) in [5, 5.41) is 2.88. The Hall–Kier alpha value is -1.75. The normalized spacial score (nSPS) is 14.9. The van der Waals surface area contributed by atoms with Gasteiger partial charge in [-0.1, -0.05) is 12.1 Å². The first-order chi connectivity index (χ1) is 10.3. The Morgan fingerprint density at radius 1 is 1.24 bits per heavy atom. The highest BCUT2D eigenvalue weighted by Crippen LogP contribution is 2.25. The molecule has 1 aliphatic rings. The monoisotopic (exact) mass is 292 g/mol. The summed E-state index contributed by atoms with van der Waals surface area (Å²) in [4.78, 5) is 14.2. The molecular weight excluding hydrogens is 268 g/mol. The van der Waals surface area contributed by atoms with Gasteiger partial charge in [-0.05, 0) is 51.0 Å². The Morgan fingerprint density at radius 2 is 1.95 bits per heavy atom. The molecule has 1 amide bonds. The van der Waals surface area contributed by atoms with Gasteiger partial charge in [-0.25, -0.2) is 0 Å². The fraction of sp³-hybridized carbons (Fsp3) is 0.562. The smallest absolute Gasteiger partial charge is 0.257 e. The van der Waals surface area contributed by atoms with Crippen LogP contribution in [0.15, 0.2) is 24.3 Å². The number of benzene rings is 1. The number of carbonyl (C=O) groups is 1. The minimum atomic E-state index is -0.0951. The van der Waals surface area contributed by atoms with Crippen molar-refractivity contribution in [2.45, 2.75) is 19.3 Å². The van der Waals surface area contributed by atoms with Gasteiger partial charge in [0, 0.05) is 6.54 Å². The van der Waals surface area contributed by atoms with Crippen molar-refractivity contribution < 1.29 is 14.3 Å². The number of nitrogens with one attached hydrogen (secondary N) is 1. The van der Waals surface area contributed by atoms with Gasteiger partial charge >= 0.3 is 0 Å². The van der Waals surface area contributed by atoms with Crippen molar-refractivity contribution in [1.29, 1.82) is 0 Å².